The van der Waals surface area contributed by atoms with Gasteiger partial charge in [0.2, 0.25) is 11.9 Å². The Morgan fingerprint density at radius 2 is 1.76 bits per heavy atom. The van der Waals surface area contributed by atoms with Crippen molar-refractivity contribution in [3.05, 3.63) is 76.2 Å². The Morgan fingerprint density at radius 1 is 0.966 bits per heavy atom. The van der Waals surface area contributed by atoms with E-state index in [4.69, 9.17) is 23.2 Å². The number of nitrogens with one attached hydrogen (secondary N) is 1. The lowest BCUT2D eigenvalue weighted by Crippen LogP contribution is -2.09. The summed E-state index contributed by atoms with van der Waals surface area (Å²) in [5, 5.41) is 14.2. The fourth-order valence-electron chi connectivity index (χ4n) is 2.70. The van der Waals surface area contributed by atoms with E-state index in [1.54, 1.807) is 30.5 Å². The number of anilines is 1. The first-order valence-corrected chi connectivity index (χ1v) is 9.02. The van der Waals surface area contributed by atoms with Crippen molar-refractivity contribution >= 4 is 29.2 Å². The molecule has 1 aromatic carbocycles. The number of nitrogens with zero attached hydrogens (tertiary/aromatic N) is 6. The van der Waals surface area contributed by atoms with Gasteiger partial charge in [-0.25, -0.2) is 9.37 Å². The largest absolute Gasteiger partial charge is 0.349 e. The van der Waals surface area contributed by atoms with Crippen LogP contribution in [0.15, 0.2) is 48.8 Å². The molecule has 3 aromatic heterocycles. The standard InChI is InChI=1S/C18H11Cl2F2N7/c19-14-12(21)5-6-13(15(14)20)29-18(26-27-28-29)25-9-10-3-1-7-23-16(10)11-4-2-8-24-17(11)22/h1-8H,9H2,(H,25,26,28). The Bertz CT molecular complexity index is 1180. The van der Waals surface area contributed by atoms with Crippen LogP contribution >= 0.6 is 23.2 Å². The van der Waals surface area contributed by atoms with Crippen LogP contribution < -0.4 is 5.32 Å². The third-order valence-electron chi connectivity index (χ3n) is 4.05. The van der Waals surface area contributed by atoms with E-state index >= 15 is 0 Å². The second-order valence-corrected chi connectivity index (χ2v) is 6.57. The van der Waals surface area contributed by atoms with Crippen LogP contribution in [0.3, 0.4) is 0 Å². The smallest absolute Gasteiger partial charge is 0.248 e. The fourth-order valence-corrected chi connectivity index (χ4v) is 3.09. The van der Waals surface area contributed by atoms with Crippen LogP contribution in [-0.2, 0) is 6.54 Å². The van der Waals surface area contributed by atoms with E-state index in [-0.39, 0.29) is 28.1 Å². The highest BCUT2D eigenvalue weighted by molar-refractivity contribution is 6.43. The van der Waals surface area contributed by atoms with Crippen LogP contribution in [0.5, 0.6) is 0 Å². The molecular formula is C18H11Cl2F2N7. The molecule has 0 aliphatic rings. The van der Waals surface area contributed by atoms with Crippen LogP contribution in [0.4, 0.5) is 14.7 Å². The van der Waals surface area contributed by atoms with Gasteiger partial charge in [0.1, 0.15) is 5.82 Å². The maximum atomic E-state index is 14.1. The van der Waals surface area contributed by atoms with E-state index in [9.17, 15) is 8.78 Å². The predicted molar refractivity (Wildman–Crippen MR) is 104 cm³/mol. The summed E-state index contributed by atoms with van der Waals surface area (Å²) in [5.74, 6) is -1.04. The topological polar surface area (TPSA) is 81.4 Å². The first kappa shape index (κ1) is 19.2. The van der Waals surface area contributed by atoms with Gasteiger partial charge in [0.15, 0.2) is 0 Å². The Kier molecular flexibility index (Phi) is 5.32. The van der Waals surface area contributed by atoms with Gasteiger partial charge < -0.3 is 5.32 Å². The molecule has 0 aliphatic heterocycles. The lowest BCUT2D eigenvalue weighted by molar-refractivity contribution is 0.587. The van der Waals surface area contributed by atoms with Crippen molar-refractivity contribution < 1.29 is 8.78 Å². The number of tetrazole rings is 1. The zero-order valence-corrected chi connectivity index (χ0v) is 16.0. The molecule has 0 unspecified atom stereocenters. The molecule has 29 heavy (non-hydrogen) atoms. The van der Waals surface area contributed by atoms with E-state index < -0.39 is 11.8 Å². The van der Waals surface area contributed by atoms with Crippen molar-refractivity contribution in [2.75, 3.05) is 5.32 Å². The number of hydrogen-bond donors (Lipinski definition) is 1. The molecule has 1 N–H and O–H groups in total. The minimum absolute atomic E-state index is 0.0264. The van der Waals surface area contributed by atoms with Crippen molar-refractivity contribution in [1.82, 2.24) is 30.2 Å². The van der Waals surface area contributed by atoms with Gasteiger partial charge in [0.25, 0.3) is 0 Å². The number of aromatic nitrogens is 6. The van der Waals surface area contributed by atoms with Gasteiger partial charge in [-0.2, -0.15) is 9.07 Å². The summed E-state index contributed by atoms with van der Waals surface area (Å²) in [5.41, 5.74) is 1.71. The molecule has 4 aromatic rings. The molecule has 0 saturated carbocycles. The first-order chi connectivity index (χ1) is 14.1. The molecule has 7 nitrogen and oxygen atoms in total. The van der Waals surface area contributed by atoms with Crippen molar-refractivity contribution in [3.8, 4) is 16.9 Å². The summed E-state index contributed by atoms with van der Waals surface area (Å²) < 4.78 is 29.0. The van der Waals surface area contributed by atoms with Crippen LogP contribution in [0.25, 0.3) is 16.9 Å². The fraction of sp³-hybridized carbons (Fsp3) is 0.0556. The van der Waals surface area contributed by atoms with Crippen molar-refractivity contribution in [3.63, 3.8) is 0 Å². The second-order valence-electron chi connectivity index (χ2n) is 5.82. The SMILES string of the molecule is Fc1ccc(-n2nnnc2NCc2cccnc2-c2cccnc2F)c(Cl)c1Cl. The van der Waals surface area contributed by atoms with Gasteiger partial charge in [-0.3, -0.25) is 4.98 Å². The Morgan fingerprint density at radius 3 is 2.59 bits per heavy atom. The van der Waals surface area contributed by atoms with Gasteiger partial charge >= 0.3 is 0 Å². The molecule has 3 heterocycles. The van der Waals surface area contributed by atoms with Crippen LogP contribution in [0.2, 0.25) is 10.0 Å². The molecule has 0 aliphatic carbocycles. The van der Waals surface area contributed by atoms with Gasteiger partial charge in [0, 0.05) is 18.9 Å². The minimum Gasteiger partial charge on any atom is -0.349 e. The van der Waals surface area contributed by atoms with Crippen LogP contribution in [0, 0.1) is 11.8 Å². The van der Waals surface area contributed by atoms with Gasteiger partial charge in [-0.1, -0.05) is 34.4 Å². The highest BCUT2D eigenvalue weighted by atomic mass is 35.5. The number of benzene rings is 1. The van der Waals surface area contributed by atoms with Crippen LogP contribution in [-0.4, -0.2) is 30.2 Å². The summed E-state index contributed by atoms with van der Waals surface area (Å²) in [6.07, 6.45) is 2.93. The molecule has 0 spiro atoms. The van der Waals surface area contributed by atoms with Crippen molar-refractivity contribution in [1.29, 1.82) is 0 Å². The molecule has 0 bridgehead atoms. The quantitative estimate of drug-likeness (QED) is 0.372. The average molecular weight is 434 g/mol. The van der Waals surface area contributed by atoms with E-state index in [0.717, 1.165) is 0 Å². The summed E-state index contributed by atoms with van der Waals surface area (Å²) in [6, 6.07) is 9.32. The monoisotopic (exact) mass is 433 g/mol. The number of pyridine rings is 2. The molecule has 146 valence electrons. The van der Waals surface area contributed by atoms with E-state index in [0.29, 0.717) is 16.9 Å². The van der Waals surface area contributed by atoms with Crippen LogP contribution in [0.1, 0.15) is 5.56 Å². The maximum Gasteiger partial charge on any atom is 0.248 e. The average Bonchev–Trinajstić information content (AvgIpc) is 3.20. The van der Waals surface area contributed by atoms with Gasteiger partial charge in [0.05, 0.1) is 27.0 Å². The summed E-state index contributed by atoms with van der Waals surface area (Å²) in [4.78, 5) is 7.93. The first-order valence-electron chi connectivity index (χ1n) is 8.27. The Labute approximate surface area is 173 Å². The number of rotatable bonds is 5. The molecule has 11 heteroatoms. The summed E-state index contributed by atoms with van der Waals surface area (Å²) in [6.45, 7) is 0.227. The third-order valence-corrected chi connectivity index (χ3v) is 4.90. The number of hydrogen-bond acceptors (Lipinski definition) is 6. The zero-order chi connectivity index (χ0) is 20.4. The lowest BCUT2D eigenvalue weighted by Gasteiger charge is -2.12. The maximum absolute atomic E-state index is 14.1. The number of halogens is 4. The summed E-state index contributed by atoms with van der Waals surface area (Å²) in [7, 11) is 0. The van der Waals surface area contributed by atoms with Crippen molar-refractivity contribution in [2.24, 2.45) is 0 Å². The molecular weight excluding hydrogens is 423 g/mol. The molecule has 0 fully saturated rings. The zero-order valence-electron chi connectivity index (χ0n) is 14.5. The van der Waals surface area contributed by atoms with E-state index in [2.05, 4.69) is 30.8 Å². The molecule has 0 atom stereocenters. The summed E-state index contributed by atoms with van der Waals surface area (Å²) >= 11 is 12.0. The Balaban J connectivity index is 1.64. The molecule has 4 rings (SSSR count). The molecule has 0 radical (unpaired) electrons. The predicted octanol–water partition coefficient (Wildman–Crippen LogP) is 4.32. The highest BCUT2D eigenvalue weighted by Crippen LogP contribution is 2.31. The van der Waals surface area contributed by atoms with Crippen molar-refractivity contribution in [2.45, 2.75) is 6.54 Å². The van der Waals surface area contributed by atoms with E-state index in [1.807, 2.05) is 0 Å². The lowest BCUT2D eigenvalue weighted by atomic mass is 10.1. The highest BCUT2D eigenvalue weighted by Gasteiger charge is 2.17. The normalized spacial score (nSPS) is 10.9. The second kappa shape index (κ2) is 8.06. The Hall–Kier alpha value is -3.17. The molecule has 0 amide bonds. The third kappa shape index (κ3) is 3.74. The van der Waals surface area contributed by atoms with Gasteiger partial charge in [-0.05, 0) is 46.3 Å². The van der Waals surface area contributed by atoms with E-state index in [1.165, 1.54) is 23.0 Å². The minimum atomic E-state index is -0.651. The molecule has 0 saturated heterocycles. The van der Waals surface area contributed by atoms with Gasteiger partial charge in [-0.15, -0.1) is 0 Å².